The van der Waals surface area contributed by atoms with Crippen molar-refractivity contribution < 1.29 is 9.59 Å². The Kier molecular flexibility index (Phi) is 5.12. The summed E-state index contributed by atoms with van der Waals surface area (Å²) in [7, 11) is 0. The summed E-state index contributed by atoms with van der Waals surface area (Å²) in [6, 6.07) is 8.01. The molecule has 5 nitrogen and oxygen atoms in total. The van der Waals surface area contributed by atoms with Crippen LogP contribution in [-0.2, 0) is 22.6 Å². The molecule has 1 aromatic carbocycles. The zero-order valence-corrected chi connectivity index (χ0v) is 11.5. The third kappa shape index (κ3) is 4.06. The molecule has 108 valence electrons. The van der Waals surface area contributed by atoms with Crippen LogP contribution in [0.1, 0.15) is 30.4 Å². The molecule has 1 aliphatic rings. The van der Waals surface area contributed by atoms with E-state index in [1.165, 1.54) is 11.1 Å². The summed E-state index contributed by atoms with van der Waals surface area (Å²) in [5.41, 5.74) is 7.56. The van der Waals surface area contributed by atoms with Crippen LogP contribution in [0.2, 0.25) is 0 Å². The molecule has 20 heavy (non-hydrogen) atoms. The van der Waals surface area contributed by atoms with Gasteiger partial charge in [0.05, 0.1) is 6.04 Å². The molecule has 1 heterocycles. The minimum atomic E-state index is -0.290. The van der Waals surface area contributed by atoms with E-state index in [0.29, 0.717) is 13.0 Å². The molecule has 1 atom stereocenters. The number of carbonyl (C=O) groups is 2. The highest BCUT2D eigenvalue weighted by Gasteiger charge is 2.23. The van der Waals surface area contributed by atoms with Crippen LogP contribution in [-0.4, -0.2) is 24.4 Å². The van der Waals surface area contributed by atoms with E-state index in [2.05, 4.69) is 22.8 Å². The van der Waals surface area contributed by atoms with Crippen LogP contribution in [0.5, 0.6) is 0 Å². The van der Waals surface area contributed by atoms with E-state index in [-0.39, 0.29) is 17.9 Å². The fourth-order valence-corrected chi connectivity index (χ4v) is 2.40. The molecule has 1 aliphatic heterocycles. The molecule has 0 aliphatic carbocycles. The van der Waals surface area contributed by atoms with Crippen molar-refractivity contribution in [2.24, 2.45) is 5.73 Å². The topological polar surface area (TPSA) is 84.2 Å². The van der Waals surface area contributed by atoms with Crippen LogP contribution >= 0.6 is 0 Å². The van der Waals surface area contributed by atoms with E-state index in [0.717, 1.165) is 25.8 Å². The van der Waals surface area contributed by atoms with Crippen LogP contribution < -0.4 is 16.4 Å². The Morgan fingerprint density at radius 1 is 1.25 bits per heavy atom. The lowest BCUT2D eigenvalue weighted by molar-refractivity contribution is -0.123. The molecule has 2 amide bonds. The number of rotatable bonds is 6. The van der Waals surface area contributed by atoms with Crippen molar-refractivity contribution in [3.8, 4) is 0 Å². The highest BCUT2D eigenvalue weighted by atomic mass is 16.2. The molecule has 0 fully saturated rings. The predicted molar refractivity (Wildman–Crippen MR) is 76.8 cm³/mol. The first-order chi connectivity index (χ1) is 9.66. The van der Waals surface area contributed by atoms with Gasteiger partial charge in [0.25, 0.3) is 0 Å². The number of hydrogen-bond acceptors (Lipinski definition) is 3. The fourth-order valence-electron chi connectivity index (χ4n) is 2.40. The number of amides is 2. The summed E-state index contributed by atoms with van der Waals surface area (Å²) in [6.07, 6.45) is 2.60. The summed E-state index contributed by atoms with van der Waals surface area (Å²) in [5, 5.41) is 6.15. The molecular weight excluding hydrogens is 254 g/mol. The number of nitrogens with two attached hydrogens (primary N) is 1. The Morgan fingerprint density at radius 2 is 2.00 bits per heavy atom. The van der Waals surface area contributed by atoms with Crippen LogP contribution in [0.15, 0.2) is 24.3 Å². The van der Waals surface area contributed by atoms with Gasteiger partial charge in [0, 0.05) is 19.5 Å². The van der Waals surface area contributed by atoms with E-state index in [4.69, 9.17) is 5.73 Å². The maximum atomic E-state index is 12.0. The van der Waals surface area contributed by atoms with Crippen molar-refractivity contribution in [3.63, 3.8) is 0 Å². The number of unbranched alkanes of at least 4 members (excludes halogenated alkanes) is 1. The molecule has 0 unspecified atom stereocenters. The molecule has 0 saturated carbocycles. The number of hydrogen-bond donors (Lipinski definition) is 3. The highest BCUT2D eigenvalue weighted by Crippen LogP contribution is 2.16. The first kappa shape index (κ1) is 14.5. The normalized spacial score (nSPS) is 17.3. The Morgan fingerprint density at radius 3 is 2.75 bits per heavy atom. The highest BCUT2D eigenvalue weighted by molar-refractivity contribution is 5.82. The lowest BCUT2D eigenvalue weighted by atomic mass is 9.95. The van der Waals surface area contributed by atoms with Gasteiger partial charge < -0.3 is 16.4 Å². The summed E-state index contributed by atoms with van der Waals surface area (Å²) >= 11 is 0. The second kappa shape index (κ2) is 7.05. The van der Waals surface area contributed by atoms with Gasteiger partial charge in [-0.05, 0) is 30.4 Å². The van der Waals surface area contributed by atoms with Gasteiger partial charge in [0.2, 0.25) is 11.8 Å². The smallest absolute Gasteiger partial charge is 0.237 e. The first-order valence-corrected chi connectivity index (χ1v) is 7.03. The zero-order valence-electron chi connectivity index (χ0n) is 11.5. The van der Waals surface area contributed by atoms with Gasteiger partial charge in [-0.2, -0.15) is 0 Å². The minimum Gasteiger partial charge on any atom is -0.370 e. The molecule has 0 bridgehead atoms. The largest absolute Gasteiger partial charge is 0.370 e. The second-order valence-electron chi connectivity index (χ2n) is 5.12. The average Bonchev–Trinajstić information content (AvgIpc) is 2.46. The van der Waals surface area contributed by atoms with Crippen LogP contribution in [0.4, 0.5) is 0 Å². The van der Waals surface area contributed by atoms with Gasteiger partial charge in [0.1, 0.15) is 0 Å². The van der Waals surface area contributed by atoms with Gasteiger partial charge in [-0.25, -0.2) is 0 Å². The molecule has 0 aromatic heterocycles. The van der Waals surface area contributed by atoms with E-state index in [1.807, 2.05) is 12.1 Å². The maximum Gasteiger partial charge on any atom is 0.237 e. The Labute approximate surface area is 118 Å². The van der Waals surface area contributed by atoms with Crippen LogP contribution in [0, 0.1) is 0 Å². The van der Waals surface area contributed by atoms with Crippen LogP contribution in [0.3, 0.4) is 0 Å². The van der Waals surface area contributed by atoms with Gasteiger partial charge in [-0.1, -0.05) is 24.3 Å². The predicted octanol–water partition coefficient (Wildman–Crippen LogP) is 0.473. The lowest BCUT2D eigenvalue weighted by Gasteiger charge is -2.25. The number of primary amides is 1. The monoisotopic (exact) mass is 275 g/mol. The third-order valence-electron chi connectivity index (χ3n) is 3.55. The number of fused-ring (bicyclic) bond motifs is 1. The molecule has 0 saturated heterocycles. The number of nitrogens with one attached hydrogen (secondary N) is 2. The molecule has 4 N–H and O–H groups in total. The van der Waals surface area contributed by atoms with Crippen molar-refractivity contribution in [3.05, 3.63) is 35.4 Å². The summed E-state index contributed by atoms with van der Waals surface area (Å²) in [5.74, 6) is -0.263. The van der Waals surface area contributed by atoms with Crippen molar-refractivity contribution in [1.82, 2.24) is 10.6 Å². The van der Waals surface area contributed by atoms with Crippen molar-refractivity contribution >= 4 is 11.8 Å². The standard InChI is InChI=1S/C15H21N3O2/c16-14(19)7-3-4-8-17-15(20)13-9-11-5-1-2-6-12(11)10-18-13/h1-2,5-6,13,18H,3-4,7-10H2,(H2,16,19)(H,17,20)/t13-/m0/s1. The summed E-state index contributed by atoms with van der Waals surface area (Å²) in [6.45, 7) is 1.32. The minimum absolute atomic E-state index is 0.0265. The molecule has 2 rings (SSSR count). The van der Waals surface area contributed by atoms with E-state index < -0.39 is 0 Å². The Bertz CT molecular complexity index is 488. The number of benzene rings is 1. The van der Waals surface area contributed by atoms with Crippen molar-refractivity contribution in [2.45, 2.75) is 38.3 Å². The lowest BCUT2D eigenvalue weighted by Crippen LogP contribution is -2.47. The van der Waals surface area contributed by atoms with Gasteiger partial charge in [0.15, 0.2) is 0 Å². The first-order valence-electron chi connectivity index (χ1n) is 7.03. The number of carbonyl (C=O) groups excluding carboxylic acids is 2. The van der Waals surface area contributed by atoms with E-state index in [9.17, 15) is 9.59 Å². The molecule has 0 spiro atoms. The third-order valence-corrected chi connectivity index (χ3v) is 3.55. The van der Waals surface area contributed by atoms with E-state index in [1.54, 1.807) is 0 Å². The zero-order chi connectivity index (χ0) is 14.4. The maximum absolute atomic E-state index is 12.0. The SMILES string of the molecule is NC(=O)CCCCNC(=O)[C@@H]1Cc2ccccc2CN1. The summed E-state index contributed by atoms with van der Waals surface area (Å²) < 4.78 is 0. The van der Waals surface area contributed by atoms with Gasteiger partial charge in [-0.15, -0.1) is 0 Å². The van der Waals surface area contributed by atoms with Crippen molar-refractivity contribution in [2.75, 3.05) is 6.54 Å². The molecule has 5 heteroatoms. The average molecular weight is 275 g/mol. The second-order valence-corrected chi connectivity index (χ2v) is 5.12. The quantitative estimate of drug-likeness (QED) is 0.660. The fraction of sp³-hybridized carbons (Fsp3) is 0.467. The van der Waals surface area contributed by atoms with Crippen LogP contribution in [0.25, 0.3) is 0 Å². The molecule has 1 aromatic rings. The van der Waals surface area contributed by atoms with E-state index >= 15 is 0 Å². The van der Waals surface area contributed by atoms with Crippen molar-refractivity contribution in [1.29, 1.82) is 0 Å². The van der Waals surface area contributed by atoms with Gasteiger partial charge in [-0.3, -0.25) is 9.59 Å². The molecular formula is C15H21N3O2. The summed E-state index contributed by atoms with van der Waals surface area (Å²) in [4.78, 5) is 22.6. The molecule has 0 radical (unpaired) electrons. The Hall–Kier alpha value is -1.88. The Balaban J connectivity index is 1.73. The van der Waals surface area contributed by atoms with Gasteiger partial charge >= 0.3 is 0 Å².